The Hall–Kier alpha value is -1.56. The summed E-state index contributed by atoms with van der Waals surface area (Å²) in [5, 5.41) is 0. The van der Waals surface area contributed by atoms with Crippen molar-refractivity contribution >= 4 is 16.1 Å². The molecule has 16 heavy (non-hydrogen) atoms. The summed E-state index contributed by atoms with van der Waals surface area (Å²) in [6.45, 7) is 1.42. The van der Waals surface area contributed by atoms with Crippen LogP contribution in [-0.4, -0.2) is 20.3 Å². The van der Waals surface area contributed by atoms with Crippen molar-refractivity contribution in [1.29, 1.82) is 0 Å². The molecule has 0 aliphatic carbocycles. The zero-order valence-corrected chi connectivity index (χ0v) is 9.61. The van der Waals surface area contributed by atoms with Crippen LogP contribution in [0.1, 0.15) is 12.5 Å². The molecule has 1 radical (unpaired) electrons. The zero-order valence-electron chi connectivity index (χ0n) is 8.79. The van der Waals surface area contributed by atoms with E-state index in [0.29, 0.717) is 0 Å². The normalized spacial score (nSPS) is 10.8. The molecule has 5 nitrogen and oxygen atoms in total. The van der Waals surface area contributed by atoms with Crippen molar-refractivity contribution in [3.63, 3.8) is 0 Å². The molecule has 0 aromatic heterocycles. The lowest BCUT2D eigenvalue weighted by Gasteiger charge is -2.03. The third kappa shape index (κ3) is 4.31. The number of benzene rings is 1. The van der Waals surface area contributed by atoms with E-state index in [2.05, 4.69) is 9.46 Å². The Balaban J connectivity index is 2.43. The van der Waals surface area contributed by atoms with Crippen LogP contribution in [-0.2, 0) is 21.4 Å². The second kappa shape index (κ2) is 5.50. The summed E-state index contributed by atoms with van der Waals surface area (Å²) in [4.78, 5) is 11.0. The van der Waals surface area contributed by atoms with Gasteiger partial charge in [0.05, 0.1) is 5.75 Å². The summed E-state index contributed by atoms with van der Waals surface area (Å²) in [6, 6.07) is 8.95. The standard InChI is InChI=1S/C10H12NO4S/c1-2-16(13,14)11-10(12)15-8-9-6-4-3-5-7-9/h3-7H,2,8H2,1H3. The fraction of sp³-hybridized carbons (Fsp3) is 0.300. The fourth-order valence-electron chi connectivity index (χ4n) is 0.924. The Morgan fingerprint density at radius 3 is 2.50 bits per heavy atom. The van der Waals surface area contributed by atoms with Gasteiger partial charge in [0, 0.05) is 0 Å². The van der Waals surface area contributed by atoms with Gasteiger partial charge in [0.2, 0.25) is 0 Å². The van der Waals surface area contributed by atoms with E-state index in [1.54, 1.807) is 24.3 Å². The van der Waals surface area contributed by atoms with Crippen LogP contribution in [0, 0.1) is 0 Å². The first-order chi connectivity index (χ1) is 7.53. The maximum atomic E-state index is 11.0. The van der Waals surface area contributed by atoms with Crippen LogP contribution in [0.25, 0.3) is 0 Å². The highest BCUT2D eigenvalue weighted by atomic mass is 32.2. The van der Waals surface area contributed by atoms with Crippen LogP contribution in [0.3, 0.4) is 0 Å². The molecule has 0 aliphatic rings. The van der Waals surface area contributed by atoms with Crippen LogP contribution < -0.4 is 4.72 Å². The van der Waals surface area contributed by atoms with Gasteiger partial charge >= 0.3 is 6.09 Å². The Bertz CT molecular complexity index is 441. The number of amides is 1. The number of rotatable bonds is 4. The molecule has 0 aliphatic heterocycles. The van der Waals surface area contributed by atoms with Gasteiger partial charge in [-0.05, 0) is 12.5 Å². The monoisotopic (exact) mass is 242 g/mol. The van der Waals surface area contributed by atoms with E-state index >= 15 is 0 Å². The number of nitrogens with zero attached hydrogens (tertiary/aromatic N) is 1. The van der Waals surface area contributed by atoms with Gasteiger partial charge in [-0.25, -0.2) is 13.2 Å². The predicted molar refractivity (Wildman–Crippen MR) is 58.2 cm³/mol. The third-order valence-electron chi connectivity index (χ3n) is 1.78. The first-order valence-corrected chi connectivity index (χ1v) is 6.31. The lowest BCUT2D eigenvalue weighted by molar-refractivity contribution is 0.145. The molecule has 1 rings (SSSR count). The first kappa shape index (κ1) is 12.5. The van der Waals surface area contributed by atoms with E-state index in [1.165, 1.54) is 6.92 Å². The van der Waals surface area contributed by atoms with Gasteiger partial charge in [0.1, 0.15) is 6.61 Å². The number of sulfonamides is 1. The minimum absolute atomic E-state index is 0.0163. The average molecular weight is 242 g/mol. The van der Waals surface area contributed by atoms with Crippen molar-refractivity contribution in [2.24, 2.45) is 0 Å². The molecule has 0 heterocycles. The number of carbonyl (C=O) groups is 1. The summed E-state index contributed by atoms with van der Waals surface area (Å²) >= 11 is 0. The molecule has 0 atom stereocenters. The van der Waals surface area contributed by atoms with E-state index < -0.39 is 16.1 Å². The number of carbonyl (C=O) groups excluding carboxylic acids is 1. The second-order valence-corrected chi connectivity index (χ2v) is 4.93. The van der Waals surface area contributed by atoms with Crippen molar-refractivity contribution in [2.75, 3.05) is 5.75 Å². The second-order valence-electron chi connectivity index (χ2n) is 3.00. The lowest BCUT2D eigenvalue weighted by atomic mass is 10.2. The summed E-state index contributed by atoms with van der Waals surface area (Å²) in [5.74, 6) is -0.215. The molecule has 1 aromatic carbocycles. The van der Waals surface area contributed by atoms with Crippen LogP contribution in [0.2, 0.25) is 0 Å². The maximum absolute atomic E-state index is 11.0. The molecule has 0 N–H and O–H groups in total. The van der Waals surface area contributed by atoms with E-state index in [9.17, 15) is 13.2 Å². The molecule has 0 bridgehead atoms. The Morgan fingerprint density at radius 1 is 1.31 bits per heavy atom. The third-order valence-corrected chi connectivity index (χ3v) is 2.94. The number of hydrogen-bond acceptors (Lipinski definition) is 4. The molecule has 0 saturated heterocycles. The molecule has 1 aromatic rings. The smallest absolute Gasteiger partial charge is 0.443 e. The quantitative estimate of drug-likeness (QED) is 0.797. The first-order valence-electron chi connectivity index (χ1n) is 4.70. The van der Waals surface area contributed by atoms with Crippen molar-refractivity contribution in [3.05, 3.63) is 35.9 Å². The molecule has 6 heteroatoms. The van der Waals surface area contributed by atoms with Gasteiger partial charge in [-0.1, -0.05) is 35.1 Å². The minimum Gasteiger partial charge on any atom is -0.443 e. The maximum Gasteiger partial charge on any atom is 0.444 e. The van der Waals surface area contributed by atoms with Crippen LogP contribution >= 0.6 is 0 Å². The fourth-order valence-corrected chi connectivity index (χ4v) is 1.33. The van der Waals surface area contributed by atoms with Crippen molar-refractivity contribution in [2.45, 2.75) is 13.5 Å². The van der Waals surface area contributed by atoms with E-state index in [0.717, 1.165) is 5.56 Å². The van der Waals surface area contributed by atoms with Gasteiger partial charge in [0.15, 0.2) is 0 Å². The van der Waals surface area contributed by atoms with Crippen molar-refractivity contribution in [1.82, 2.24) is 4.72 Å². The molecular weight excluding hydrogens is 230 g/mol. The summed E-state index contributed by atoms with van der Waals surface area (Å²) in [5.41, 5.74) is 0.778. The van der Waals surface area contributed by atoms with Gasteiger partial charge < -0.3 is 4.74 Å². The van der Waals surface area contributed by atoms with Crippen molar-refractivity contribution < 1.29 is 17.9 Å². The molecule has 1 amide bonds. The molecule has 0 fully saturated rings. The van der Waals surface area contributed by atoms with E-state index in [1.807, 2.05) is 6.07 Å². The summed E-state index contributed by atoms with van der Waals surface area (Å²) < 4.78 is 29.5. The number of ether oxygens (including phenoxy) is 1. The van der Waals surface area contributed by atoms with Crippen molar-refractivity contribution in [3.8, 4) is 0 Å². The Morgan fingerprint density at radius 2 is 1.94 bits per heavy atom. The predicted octanol–water partition coefficient (Wildman–Crippen LogP) is 1.28. The largest absolute Gasteiger partial charge is 0.444 e. The summed E-state index contributed by atoms with van der Waals surface area (Å²) in [7, 11) is -3.67. The molecule has 0 spiro atoms. The van der Waals surface area contributed by atoms with Crippen LogP contribution in [0.5, 0.6) is 0 Å². The van der Waals surface area contributed by atoms with Gasteiger partial charge in [0.25, 0.3) is 10.0 Å². The highest BCUT2D eigenvalue weighted by Crippen LogP contribution is 2.01. The Labute approximate surface area is 94.5 Å². The molecule has 0 unspecified atom stereocenters. The van der Waals surface area contributed by atoms with E-state index in [-0.39, 0.29) is 12.4 Å². The number of hydrogen-bond donors (Lipinski definition) is 0. The summed E-state index contributed by atoms with van der Waals surface area (Å²) in [6.07, 6.45) is -1.08. The Kier molecular flexibility index (Phi) is 4.30. The van der Waals surface area contributed by atoms with E-state index in [4.69, 9.17) is 0 Å². The van der Waals surface area contributed by atoms with Crippen LogP contribution in [0.15, 0.2) is 30.3 Å². The van der Waals surface area contributed by atoms with Gasteiger partial charge in [-0.3, -0.25) is 0 Å². The SMILES string of the molecule is CCS(=O)(=O)[N]C(=O)OCc1ccccc1. The average Bonchev–Trinajstić information content (AvgIpc) is 2.27. The van der Waals surface area contributed by atoms with Gasteiger partial charge in [-0.2, -0.15) is 0 Å². The minimum atomic E-state index is -3.67. The lowest BCUT2D eigenvalue weighted by Crippen LogP contribution is -2.25. The van der Waals surface area contributed by atoms with Crippen LogP contribution in [0.4, 0.5) is 4.79 Å². The molecule has 0 saturated carbocycles. The van der Waals surface area contributed by atoms with Gasteiger partial charge in [-0.15, -0.1) is 0 Å². The highest BCUT2D eigenvalue weighted by molar-refractivity contribution is 7.89. The molecular formula is C10H12NO4S. The molecule has 87 valence electrons. The highest BCUT2D eigenvalue weighted by Gasteiger charge is 2.15. The zero-order chi connectivity index (χ0) is 12.0. The topological polar surface area (TPSA) is 74.5 Å².